The Morgan fingerprint density at radius 3 is 2.32 bits per heavy atom. The highest BCUT2D eigenvalue weighted by Gasteiger charge is 2.12. The van der Waals surface area contributed by atoms with Gasteiger partial charge in [0.05, 0.1) is 0 Å². The summed E-state index contributed by atoms with van der Waals surface area (Å²) in [6, 6.07) is 15.9. The molecule has 0 bridgehead atoms. The van der Waals surface area contributed by atoms with Gasteiger partial charge in [-0.05, 0) is 36.1 Å². The number of nitrogens with one attached hydrogen (secondary N) is 1. The number of carbonyl (C=O) groups excluding carboxylic acids is 1. The van der Waals surface area contributed by atoms with E-state index in [-0.39, 0.29) is 5.91 Å². The molecule has 2 nitrogen and oxygen atoms in total. The van der Waals surface area contributed by atoms with Crippen LogP contribution in [0.15, 0.2) is 48.5 Å². The van der Waals surface area contributed by atoms with Gasteiger partial charge >= 0.3 is 0 Å². The number of benzene rings is 2. The Bertz CT molecular complexity index is 575. The standard InChI is InChI=1S/C17H19NO/c1-3-12-18-17(19)16-11-7-6-10-15(16)14-9-5-4-8-13(14)2/h4-11H,3,12H2,1-2H3,(H,18,19). The Morgan fingerprint density at radius 1 is 1.00 bits per heavy atom. The molecule has 2 heteroatoms. The van der Waals surface area contributed by atoms with Crippen molar-refractivity contribution < 1.29 is 4.79 Å². The Hall–Kier alpha value is -2.09. The van der Waals surface area contributed by atoms with Gasteiger partial charge in [-0.25, -0.2) is 0 Å². The van der Waals surface area contributed by atoms with Crippen molar-refractivity contribution in [2.24, 2.45) is 0 Å². The topological polar surface area (TPSA) is 29.1 Å². The maximum absolute atomic E-state index is 12.2. The van der Waals surface area contributed by atoms with Gasteiger partial charge in [-0.15, -0.1) is 0 Å². The smallest absolute Gasteiger partial charge is 0.251 e. The van der Waals surface area contributed by atoms with Gasteiger partial charge in [-0.1, -0.05) is 49.4 Å². The molecule has 2 aromatic carbocycles. The van der Waals surface area contributed by atoms with Crippen molar-refractivity contribution in [1.29, 1.82) is 0 Å². The first-order chi connectivity index (χ1) is 9.24. The van der Waals surface area contributed by atoms with Crippen molar-refractivity contribution in [3.8, 4) is 11.1 Å². The third-order valence-corrected chi connectivity index (χ3v) is 3.14. The average Bonchev–Trinajstić information content (AvgIpc) is 2.45. The SMILES string of the molecule is CCCNC(=O)c1ccccc1-c1ccccc1C. The molecule has 0 unspecified atom stereocenters. The van der Waals surface area contributed by atoms with Crippen LogP contribution < -0.4 is 5.32 Å². The van der Waals surface area contributed by atoms with Crippen molar-refractivity contribution >= 4 is 5.91 Å². The highest BCUT2D eigenvalue weighted by Crippen LogP contribution is 2.26. The Kier molecular flexibility index (Phi) is 4.35. The molecule has 0 aliphatic heterocycles. The first-order valence-electron chi connectivity index (χ1n) is 6.67. The molecule has 98 valence electrons. The molecule has 0 spiro atoms. The van der Waals surface area contributed by atoms with E-state index in [1.165, 1.54) is 5.56 Å². The first kappa shape index (κ1) is 13.3. The fourth-order valence-electron chi connectivity index (χ4n) is 2.12. The van der Waals surface area contributed by atoms with Crippen molar-refractivity contribution in [2.75, 3.05) is 6.54 Å². The summed E-state index contributed by atoms with van der Waals surface area (Å²) in [5.74, 6) is 0.000651. The van der Waals surface area contributed by atoms with E-state index in [9.17, 15) is 4.79 Å². The maximum atomic E-state index is 12.2. The summed E-state index contributed by atoms with van der Waals surface area (Å²) in [6.07, 6.45) is 0.943. The van der Waals surface area contributed by atoms with Crippen molar-refractivity contribution in [2.45, 2.75) is 20.3 Å². The lowest BCUT2D eigenvalue weighted by Gasteiger charge is -2.11. The molecule has 19 heavy (non-hydrogen) atoms. The van der Waals surface area contributed by atoms with Gasteiger partial charge in [0.15, 0.2) is 0 Å². The van der Waals surface area contributed by atoms with Crippen molar-refractivity contribution in [3.63, 3.8) is 0 Å². The number of hydrogen-bond donors (Lipinski definition) is 1. The number of aryl methyl sites for hydroxylation is 1. The minimum atomic E-state index is 0.000651. The Morgan fingerprint density at radius 2 is 1.63 bits per heavy atom. The first-order valence-corrected chi connectivity index (χ1v) is 6.67. The highest BCUT2D eigenvalue weighted by molar-refractivity contribution is 6.01. The van der Waals surface area contributed by atoms with Crippen LogP contribution in [0.2, 0.25) is 0 Å². The third kappa shape index (κ3) is 3.02. The van der Waals surface area contributed by atoms with Crippen LogP contribution >= 0.6 is 0 Å². The summed E-state index contributed by atoms with van der Waals surface area (Å²) < 4.78 is 0. The molecule has 0 aliphatic carbocycles. The van der Waals surface area contributed by atoms with Gasteiger partial charge in [0, 0.05) is 12.1 Å². The van der Waals surface area contributed by atoms with E-state index in [1.54, 1.807) is 0 Å². The lowest BCUT2D eigenvalue weighted by molar-refractivity contribution is 0.0954. The number of carbonyl (C=O) groups is 1. The second kappa shape index (κ2) is 6.19. The van der Waals surface area contributed by atoms with Crippen LogP contribution in [0.5, 0.6) is 0 Å². The van der Waals surface area contributed by atoms with E-state index in [2.05, 4.69) is 24.4 Å². The normalized spacial score (nSPS) is 10.2. The van der Waals surface area contributed by atoms with Crippen LogP contribution in [0.1, 0.15) is 29.3 Å². The van der Waals surface area contributed by atoms with E-state index < -0.39 is 0 Å². The molecule has 0 saturated carbocycles. The minimum absolute atomic E-state index is 0.000651. The van der Waals surface area contributed by atoms with E-state index in [4.69, 9.17) is 0 Å². The van der Waals surface area contributed by atoms with E-state index in [0.29, 0.717) is 6.54 Å². The lowest BCUT2D eigenvalue weighted by Crippen LogP contribution is -2.24. The molecule has 0 atom stereocenters. The average molecular weight is 253 g/mol. The van der Waals surface area contributed by atoms with E-state index >= 15 is 0 Å². The van der Waals surface area contributed by atoms with E-state index in [0.717, 1.165) is 23.1 Å². The molecule has 2 rings (SSSR count). The maximum Gasteiger partial charge on any atom is 0.251 e. The highest BCUT2D eigenvalue weighted by atomic mass is 16.1. The molecule has 0 fully saturated rings. The summed E-state index contributed by atoms with van der Waals surface area (Å²) >= 11 is 0. The number of hydrogen-bond acceptors (Lipinski definition) is 1. The molecule has 0 aliphatic rings. The molecule has 0 aromatic heterocycles. The molecule has 1 N–H and O–H groups in total. The molecule has 2 aromatic rings. The van der Waals surface area contributed by atoms with Gasteiger partial charge in [0.25, 0.3) is 5.91 Å². The molecule has 0 heterocycles. The molecule has 0 saturated heterocycles. The number of rotatable bonds is 4. The van der Waals surface area contributed by atoms with Crippen LogP contribution in [0.3, 0.4) is 0 Å². The molecular formula is C17H19NO. The van der Waals surface area contributed by atoms with Gasteiger partial charge in [-0.3, -0.25) is 4.79 Å². The van der Waals surface area contributed by atoms with E-state index in [1.807, 2.05) is 43.3 Å². The van der Waals surface area contributed by atoms with Crippen molar-refractivity contribution in [1.82, 2.24) is 5.32 Å². The monoisotopic (exact) mass is 253 g/mol. The fourth-order valence-corrected chi connectivity index (χ4v) is 2.12. The lowest BCUT2D eigenvalue weighted by atomic mass is 9.96. The quantitative estimate of drug-likeness (QED) is 0.882. The fraction of sp³-hybridized carbons (Fsp3) is 0.235. The predicted octanol–water partition coefficient (Wildman–Crippen LogP) is 3.80. The van der Waals surface area contributed by atoms with Crippen LogP contribution in [0, 0.1) is 6.92 Å². The Labute approximate surface area is 114 Å². The van der Waals surface area contributed by atoms with Gasteiger partial charge in [0.1, 0.15) is 0 Å². The van der Waals surface area contributed by atoms with Gasteiger partial charge in [-0.2, -0.15) is 0 Å². The summed E-state index contributed by atoms with van der Waals surface area (Å²) in [6.45, 7) is 4.82. The zero-order valence-corrected chi connectivity index (χ0v) is 11.4. The van der Waals surface area contributed by atoms with Crippen molar-refractivity contribution in [3.05, 3.63) is 59.7 Å². The summed E-state index contributed by atoms with van der Waals surface area (Å²) in [7, 11) is 0. The van der Waals surface area contributed by atoms with Crippen LogP contribution in [0.4, 0.5) is 0 Å². The zero-order valence-electron chi connectivity index (χ0n) is 11.4. The van der Waals surface area contributed by atoms with Crippen LogP contribution in [0.25, 0.3) is 11.1 Å². The largest absolute Gasteiger partial charge is 0.352 e. The van der Waals surface area contributed by atoms with Gasteiger partial charge in [0.2, 0.25) is 0 Å². The van der Waals surface area contributed by atoms with Gasteiger partial charge < -0.3 is 5.32 Å². The second-order valence-electron chi connectivity index (χ2n) is 4.62. The predicted molar refractivity (Wildman–Crippen MR) is 79.2 cm³/mol. The summed E-state index contributed by atoms with van der Waals surface area (Å²) in [4.78, 5) is 12.2. The molecule has 1 amide bonds. The minimum Gasteiger partial charge on any atom is -0.352 e. The molecule has 0 radical (unpaired) electrons. The van der Waals surface area contributed by atoms with Crippen LogP contribution in [-0.2, 0) is 0 Å². The zero-order chi connectivity index (χ0) is 13.7. The number of amides is 1. The summed E-state index contributed by atoms with van der Waals surface area (Å²) in [5.41, 5.74) is 4.03. The second-order valence-corrected chi connectivity index (χ2v) is 4.62. The Balaban J connectivity index is 2.42. The summed E-state index contributed by atoms with van der Waals surface area (Å²) in [5, 5.41) is 2.94. The molecular weight excluding hydrogens is 234 g/mol. The third-order valence-electron chi connectivity index (χ3n) is 3.14. The van der Waals surface area contributed by atoms with Crippen LogP contribution in [-0.4, -0.2) is 12.5 Å².